The third kappa shape index (κ3) is 2.45. The van der Waals surface area contributed by atoms with Crippen LogP contribution in [0.25, 0.3) is 0 Å². The van der Waals surface area contributed by atoms with Crippen LogP contribution in [0, 0.1) is 0 Å². The fourth-order valence-electron chi connectivity index (χ4n) is 1.00. The quantitative estimate of drug-likeness (QED) is 0.711. The van der Waals surface area contributed by atoms with Gasteiger partial charge < -0.3 is 11.1 Å². The van der Waals surface area contributed by atoms with Crippen molar-refractivity contribution in [3.05, 3.63) is 6.33 Å². The van der Waals surface area contributed by atoms with Crippen LogP contribution >= 0.6 is 0 Å². The molecule has 14 heavy (non-hydrogen) atoms. The monoisotopic (exact) mass is 197 g/mol. The van der Waals surface area contributed by atoms with Gasteiger partial charge in [0.1, 0.15) is 12.4 Å². The molecule has 1 rings (SSSR count). The van der Waals surface area contributed by atoms with E-state index in [1.54, 1.807) is 6.92 Å². The summed E-state index contributed by atoms with van der Waals surface area (Å²) in [6.07, 6.45) is 1.44. The lowest BCUT2D eigenvalue weighted by Gasteiger charge is -2.13. The van der Waals surface area contributed by atoms with Gasteiger partial charge in [0, 0.05) is 6.04 Å². The van der Waals surface area contributed by atoms with Crippen LogP contribution in [0.1, 0.15) is 26.8 Å². The average molecular weight is 197 g/mol. The van der Waals surface area contributed by atoms with Crippen LogP contribution in [-0.4, -0.2) is 26.7 Å². The number of nitrogens with two attached hydrogens (primary N) is 1. The summed E-state index contributed by atoms with van der Waals surface area (Å²) in [6, 6.07) is -0.270. The molecule has 1 aromatic heterocycles. The van der Waals surface area contributed by atoms with Gasteiger partial charge in [0.05, 0.1) is 0 Å². The number of amides is 1. The lowest BCUT2D eigenvalue weighted by Crippen LogP contribution is -2.35. The molecule has 0 radical (unpaired) electrons. The number of nitrogens with one attached hydrogen (secondary N) is 1. The molecule has 1 unspecified atom stereocenters. The van der Waals surface area contributed by atoms with E-state index in [2.05, 4.69) is 15.4 Å². The summed E-state index contributed by atoms with van der Waals surface area (Å²) >= 11 is 0. The first-order valence-corrected chi connectivity index (χ1v) is 4.47. The first-order valence-electron chi connectivity index (χ1n) is 4.47. The van der Waals surface area contributed by atoms with Crippen molar-refractivity contribution in [1.82, 2.24) is 20.1 Å². The summed E-state index contributed by atoms with van der Waals surface area (Å²) in [5.74, 6) is 0.0825. The second-order valence-electron chi connectivity index (χ2n) is 3.42. The predicted octanol–water partition coefficient (Wildman–Crippen LogP) is -0.0541. The molecule has 0 saturated carbocycles. The minimum atomic E-state index is -0.387. The molecule has 6 heteroatoms. The molecular formula is C8H15N5O. The maximum Gasteiger partial charge on any atom is 0.244 e. The van der Waals surface area contributed by atoms with Crippen molar-refractivity contribution in [2.75, 3.05) is 5.73 Å². The van der Waals surface area contributed by atoms with Crippen LogP contribution in [0.3, 0.4) is 0 Å². The summed E-state index contributed by atoms with van der Waals surface area (Å²) in [4.78, 5) is 15.3. The van der Waals surface area contributed by atoms with Gasteiger partial charge in [-0.2, -0.15) is 0 Å². The Morgan fingerprint density at radius 2 is 2.21 bits per heavy atom. The molecule has 78 valence electrons. The summed E-state index contributed by atoms with van der Waals surface area (Å²) in [6.45, 7) is 5.55. The maximum atomic E-state index is 11.5. The minimum Gasteiger partial charge on any atom is -0.367 e. The first-order chi connectivity index (χ1) is 6.50. The number of hydrogen-bond donors (Lipinski definition) is 2. The van der Waals surface area contributed by atoms with Gasteiger partial charge in [-0.05, 0) is 20.8 Å². The van der Waals surface area contributed by atoms with Crippen LogP contribution in [0.4, 0.5) is 5.95 Å². The Balaban J connectivity index is 2.65. The Labute approximate surface area is 82.5 Å². The molecule has 0 spiro atoms. The molecule has 1 aromatic rings. The zero-order valence-electron chi connectivity index (χ0n) is 8.56. The Morgan fingerprint density at radius 3 is 2.64 bits per heavy atom. The standard InChI is InChI=1S/C8H15N5O/c1-5(2)11-7(14)6(3)13-4-10-8(9)12-13/h4-6H,1-3H3,(H2,9,12)(H,11,14). The molecule has 1 amide bonds. The number of anilines is 1. The van der Waals surface area contributed by atoms with E-state index in [0.29, 0.717) is 0 Å². The van der Waals surface area contributed by atoms with Crippen molar-refractivity contribution >= 4 is 11.9 Å². The van der Waals surface area contributed by atoms with Crippen molar-refractivity contribution in [2.24, 2.45) is 0 Å². The third-order valence-electron chi connectivity index (χ3n) is 1.73. The van der Waals surface area contributed by atoms with E-state index in [4.69, 9.17) is 5.73 Å². The van der Waals surface area contributed by atoms with Gasteiger partial charge in [-0.1, -0.05) is 0 Å². The van der Waals surface area contributed by atoms with Crippen molar-refractivity contribution in [1.29, 1.82) is 0 Å². The Bertz CT molecular complexity index is 319. The van der Waals surface area contributed by atoms with E-state index in [-0.39, 0.29) is 23.9 Å². The Morgan fingerprint density at radius 1 is 1.57 bits per heavy atom. The van der Waals surface area contributed by atoms with E-state index in [0.717, 1.165) is 0 Å². The van der Waals surface area contributed by atoms with Crippen LogP contribution < -0.4 is 11.1 Å². The number of rotatable bonds is 3. The van der Waals surface area contributed by atoms with Crippen LogP contribution in [0.2, 0.25) is 0 Å². The summed E-state index contributed by atoms with van der Waals surface area (Å²) in [5, 5.41) is 6.64. The van der Waals surface area contributed by atoms with E-state index in [1.807, 2.05) is 13.8 Å². The number of carbonyl (C=O) groups excluding carboxylic acids is 1. The number of nitrogens with zero attached hydrogens (tertiary/aromatic N) is 3. The lowest BCUT2D eigenvalue weighted by atomic mass is 10.3. The minimum absolute atomic E-state index is 0.0927. The molecule has 0 aliphatic rings. The smallest absolute Gasteiger partial charge is 0.244 e. The Hall–Kier alpha value is -1.59. The van der Waals surface area contributed by atoms with Gasteiger partial charge in [-0.15, -0.1) is 5.10 Å². The van der Waals surface area contributed by atoms with Crippen molar-refractivity contribution in [3.8, 4) is 0 Å². The van der Waals surface area contributed by atoms with Crippen LogP contribution in [-0.2, 0) is 4.79 Å². The highest BCUT2D eigenvalue weighted by Crippen LogP contribution is 2.04. The molecule has 1 heterocycles. The average Bonchev–Trinajstić information content (AvgIpc) is 2.49. The molecule has 3 N–H and O–H groups in total. The van der Waals surface area contributed by atoms with E-state index >= 15 is 0 Å². The van der Waals surface area contributed by atoms with Gasteiger partial charge >= 0.3 is 0 Å². The van der Waals surface area contributed by atoms with Crippen LogP contribution in [0.15, 0.2) is 6.33 Å². The van der Waals surface area contributed by atoms with Crippen molar-refractivity contribution < 1.29 is 4.79 Å². The van der Waals surface area contributed by atoms with E-state index < -0.39 is 0 Å². The summed E-state index contributed by atoms with van der Waals surface area (Å²) in [5.41, 5.74) is 5.34. The topological polar surface area (TPSA) is 85.8 Å². The summed E-state index contributed by atoms with van der Waals surface area (Å²) < 4.78 is 1.44. The fourth-order valence-corrected chi connectivity index (χ4v) is 1.00. The zero-order chi connectivity index (χ0) is 10.7. The van der Waals surface area contributed by atoms with Gasteiger partial charge in [0.25, 0.3) is 0 Å². The van der Waals surface area contributed by atoms with Gasteiger partial charge in [0.15, 0.2) is 0 Å². The van der Waals surface area contributed by atoms with Crippen molar-refractivity contribution in [2.45, 2.75) is 32.9 Å². The number of carbonyl (C=O) groups is 1. The van der Waals surface area contributed by atoms with Crippen molar-refractivity contribution in [3.63, 3.8) is 0 Å². The molecular weight excluding hydrogens is 182 g/mol. The molecule has 1 atom stereocenters. The van der Waals surface area contributed by atoms with Gasteiger partial charge in [-0.3, -0.25) is 4.79 Å². The number of nitrogen functional groups attached to an aromatic ring is 1. The second kappa shape index (κ2) is 4.08. The van der Waals surface area contributed by atoms with Gasteiger partial charge in [0.2, 0.25) is 11.9 Å². The SMILES string of the molecule is CC(C)NC(=O)C(C)n1cnc(N)n1. The molecule has 0 saturated heterocycles. The fraction of sp³-hybridized carbons (Fsp3) is 0.625. The highest BCUT2D eigenvalue weighted by molar-refractivity contribution is 5.79. The number of aromatic nitrogens is 3. The third-order valence-corrected chi connectivity index (χ3v) is 1.73. The zero-order valence-corrected chi connectivity index (χ0v) is 8.56. The lowest BCUT2D eigenvalue weighted by molar-refractivity contribution is -0.124. The molecule has 0 aliphatic heterocycles. The normalized spacial score (nSPS) is 12.9. The predicted molar refractivity (Wildman–Crippen MR) is 52.4 cm³/mol. The molecule has 0 bridgehead atoms. The molecule has 0 fully saturated rings. The number of hydrogen-bond acceptors (Lipinski definition) is 4. The molecule has 0 aromatic carbocycles. The van der Waals surface area contributed by atoms with E-state index in [9.17, 15) is 4.79 Å². The highest BCUT2D eigenvalue weighted by atomic mass is 16.2. The maximum absolute atomic E-state index is 11.5. The highest BCUT2D eigenvalue weighted by Gasteiger charge is 2.16. The van der Waals surface area contributed by atoms with Crippen LogP contribution in [0.5, 0.6) is 0 Å². The van der Waals surface area contributed by atoms with Gasteiger partial charge in [-0.25, -0.2) is 9.67 Å². The Kier molecular flexibility index (Phi) is 3.06. The molecule has 6 nitrogen and oxygen atoms in total. The second-order valence-corrected chi connectivity index (χ2v) is 3.42. The first kappa shape index (κ1) is 10.5. The molecule has 0 aliphatic carbocycles. The summed E-state index contributed by atoms with van der Waals surface area (Å²) in [7, 11) is 0. The largest absolute Gasteiger partial charge is 0.367 e. The van der Waals surface area contributed by atoms with E-state index in [1.165, 1.54) is 11.0 Å².